The lowest BCUT2D eigenvalue weighted by Gasteiger charge is -2.24. The molecule has 29 heavy (non-hydrogen) atoms. The Labute approximate surface area is 172 Å². The van der Waals surface area contributed by atoms with Crippen LogP contribution in [0.3, 0.4) is 0 Å². The molecule has 1 atom stereocenters. The Morgan fingerprint density at radius 3 is 2.24 bits per heavy atom. The molecule has 0 amide bonds. The number of nitrogens with zero attached hydrogens (tertiary/aromatic N) is 1. The van der Waals surface area contributed by atoms with Crippen molar-refractivity contribution in [1.29, 1.82) is 0 Å². The van der Waals surface area contributed by atoms with Crippen molar-refractivity contribution < 1.29 is 23.8 Å². The van der Waals surface area contributed by atoms with Gasteiger partial charge in [0.25, 0.3) is 0 Å². The molecule has 1 unspecified atom stereocenters. The van der Waals surface area contributed by atoms with Gasteiger partial charge < -0.3 is 19.5 Å². The van der Waals surface area contributed by atoms with Crippen LogP contribution in [0.5, 0.6) is 5.75 Å². The fourth-order valence-corrected chi connectivity index (χ4v) is 3.91. The van der Waals surface area contributed by atoms with Crippen molar-refractivity contribution in [3.8, 4) is 5.75 Å². The van der Waals surface area contributed by atoms with Crippen molar-refractivity contribution >= 4 is 38.6 Å². The number of benzene rings is 2. The van der Waals surface area contributed by atoms with Crippen molar-refractivity contribution in [1.82, 2.24) is 4.98 Å². The number of rotatable bonds is 7. The third kappa shape index (κ3) is 4.48. The summed E-state index contributed by atoms with van der Waals surface area (Å²) in [6.45, 7) is 1.96. The summed E-state index contributed by atoms with van der Waals surface area (Å²) in [5, 5.41) is 3.80. The number of nitrogens with one attached hydrogen (secondary N) is 1. The molecule has 0 saturated carbocycles. The van der Waals surface area contributed by atoms with Crippen LogP contribution in [0.2, 0.25) is 0 Å². The van der Waals surface area contributed by atoms with Crippen LogP contribution in [0.1, 0.15) is 17.2 Å². The Hall–Kier alpha value is -3.13. The lowest BCUT2D eigenvalue weighted by molar-refractivity contribution is -0.159. The van der Waals surface area contributed by atoms with Gasteiger partial charge in [-0.25, -0.2) is 4.98 Å². The van der Waals surface area contributed by atoms with Crippen LogP contribution < -0.4 is 10.1 Å². The highest BCUT2D eigenvalue weighted by atomic mass is 32.1. The molecule has 0 spiro atoms. The number of aromatic nitrogens is 1. The molecule has 0 aliphatic rings. The van der Waals surface area contributed by atoms with Crippen LogP contribution >= 0.6 is 11.3 Å². The van der Waals surface area contributed by atoms with Crippen LogP contribution in [0.15, 0.2) is 42.5 Å². The Balaban J connectivity index is 2.03. The van der Waals surface area contributed by atoms with E-state index in [1.165, 1.54) is 25.6 Å². The number of hydrogen-bond donors (Lipinski definition) is 1. The Bertz CT molecular complexity index is 1000. The molecule has 1 aromatic heterocycles. The number of carbonyl (C=O) groups is 2. The van der Waals surface area contributed by atoms with E-state index in [1.54, 1.807) is 7.11 Å². The number of anilines is 1. The predicted octanol–water partition coefficient (Wildman–Crippen LogP) is 3.73. The highest BCUT2D eigenvalue weighted by Crippen LogP contribution is 2.34. The number of esters is 2. The molecule has 0 fully saturated rings. The van der Waals surface area contributed by atoms with Gasteiger partial charge in [-0.2, -0.15) is 0 Å². The van der Waals surface area contributed by atoms with Gasteiger partial charge in [0.15, 0.2) is 11.0 Å². The summed E-state index contributed by atoms with van der Waals surface area (Å²) in [5.74, 6) is -1.82. The zero-order chi connectivity index (χ0) is 21.0. The highest BCUT2D eigenvalue weighted by molar-refractivity contribution is 7.22. The van der Waals surface area contributed by atoms with Crippen molar-refractivity contribution in [2.75, 3.05) is 26.6 Å². The summed E-state index contributed by atoms with van der Waals surface area (Å²) < 4.78 is 15.9. The largest absolute Gasteiger partial charge is 0.497 e. The second-order valence-electron chi connectivity index (χ2n) is 6.41. The van der Waals surface area contributed by atoms with Gasteiger partial charge in [-0.3, -0.25) is 9.59 Å². The smallest absolute Gasteiger partial charge is 0.322 e. The molecule has 0 bridgehead atoms. The van der Waals surface area contributed by atoms with Crippen molar-refractivity contribution in [2.45, 2.75) is 13.0 Å². The van der Waals surface area contributed by atoms with Crippen LogP contribution in [0, 0.1) is 12.8 Å². The molecule has 0 aliphatic carbocycles. The predicted molar refractivity (Wildman–Crippen MR) is 111 cm³/mol. The van der Waals surface area contributed by atoms with Gasteiger partial charge in [0.05, 0.1) is 37.6 Å². The van der Waals surface area contributed by atoms with E-state index in [-0.39, 0.29) is 0 Å². The molecule has 8 heteroatoms. The molecule has 0 radical (unpaired) electrons. The summed E-state index contributed by atoms with van der Waals surface area (Å²) >= 11 is 1.40. The molecule has 1 N–H and O–H groups in total. The van der Waals surface area contributed by atoms with Gasteiger partial charge in [-0.05, 0) is 30.7 Å². The molecular weight excluding hydrogens is 392 g/mol. The van der Waals surface area contributed by atoms with Crippen LogP contribution in [0.4, 0.5) is 5.13 Å². The molecular formula is C21H22N2O5S. The van der Waals surface area contributed by atoms with Gasteiger partial charge in [-0.15, -0.1) is 0 Å². The van der Waals surface area contributed by atoms with E-state index in [0.29, 0.717) is 5.13 Å². The first-order chi connectivity index (χ1) is 14.0. The van der Waals surface area contributed by atoms with Gasteiger partial charge in [-0.1, -0.05) is 41.2 Å². The molecule has 0 saturated heterocycles. The normalized spacial score (nSPS) is 11.9. The third-order valence-corrected chi connectivity index (χ3v) is 5.50. The number of aryl methyl sites for hydroxylation is 1. The zero-order valence-electron chi connectivity index (χ0n) is 16.6. The highest BCUT2D eigenvalue weighted by Gasteiger charge is 2.38. The number of carbonyl (C=O) groups excluding carboxylic acids is 2. The molecule has 1 heterocycles. The molecule has 7 nitrogen and oxygen atoms in total. The molecule has 2 aromatic carbocycles. The number of fused-ring (bicyclic) bond motifs is 1. The fourth-order valence-electron chi connectivity index (χ4n) is 2.98. The van der Waals surface area contributed by atoms with Crippen molar-refractivity contribution in [3.05, 3.63) is 53.6 Å². The maximum atomic E-state index is 12.4. The SMILES string of the molecule is COC(=O)C(C(=O)OC)C(Nc1nc2ccc(OC)cc2s1)c1ccc(C)cc1. The van der Waals surface area contributed by atoms with E-state index < -0.39 is 23.9 Å². The average molecular weight is 414 g/mol. The third-order valence-electron chi connectivity index (χ3n) is 4.55. The zero-order valence-corrected chi connectivity index (χ0v) is 17.4. The van der Waals surface area contributed by atoms with Gasteiger partial charge in [0, 0.05) is 0 Å². The number of methoxy groups -OCH3 is 3. The molecule has 0 aliphatic heterocycles. The standard InChI is InChI=1S/C21H22N2O5S/c1-12-5-7-13(8-6-12)18(17(19(24)27-3)20(25)28-4)23-21-22-15-10-9-14(26-2)11-16(15)29-21/h5-11,17-18H,1-4H3,(H,22,23). The summed E-state index contributed by atoms with van der Waals surface area (Å²) in [6, 6.07) is 12.4. The number of hydrogen-bond acceptors (Lipinski definition) is 8. The summed E-state index contributed by atoms with van der Waals surface area (Å²) in [7, 11) is 4.09. The first-order valence-corrected chi connectivity index (χ1v) is 9.71. The van der Waals surface area contributed by atoms with Gasteiger partial charge >= 0.3 is 11.9 Å². The lowest BCUT2D eigenvalue weighted by Crippen LogP contribution is -2.35. The fraction of sp³-hybridized carbons (Fsp3) is 0.286. The van der Waals surface area contributed by atoms with Crippen LogP contribution in [0.25, 0.3) is 10.2 Å². The first-order valence-electron chi connectivity index (χ1n) is 8.90. The topological polar surface area (TPSA) is 86.8 Å². The Kier molecular flexibility index (Phi) is 6.33. The summed E-state index contributed by atoms with van der Waals surface area (Å²) in [5.41, 5.74) is 2.59. The van der Waals surface area contributed by atoms with E-state index in [9.17, 15) is 9.59 Å². The minimum Gasteiger partial charge on any atom is -0.497 e. The number of ether oxygens (including phenoxy) is 3. The Morgan fingerprint density at radius 2 is 1.66 bits per heavy atom. The van der Waals surface area contributed by atoms with Crippen LogP contribution in [-0.4, -0.2) is 38.3 Å². The molecule has 3 aromatic rings. The molecule has 3 rings (SSSR count). The minimum absolute atomic E-state index is 0.566. The van der Waals surface area contributed by atoms with Crippen LogP contribution in [-0.2, 0) is 19.1 Å². The van der Waals surface area contributed by atoms with E-state index in [2.05, 4.69) is 10.3 Å². The lowest BCUT2D eigenvalue weighted by atomic mass is 9.92. The first kappa shape index (κ1) is 20.6. The quantitative estimate of drug-likeness (QED) is 0.466. The van der Waals surface area contributed by atoms with E-state index in [1.807, 2.05) is 49.4 Å². The molecule has 152 valence electrons. The van der Waals surface area contributed by atoms with Crippen molar-refractivity contribution in [3.63, 3.8) is 0 Å². The summed E-state index contributed by atoms with van der Waals surface area (Å²) in [6.07, 6.45) is 0. The minimum atomic E-state index is -1.19. The van der Waals surface area contributed by atoms with E-state index >= 15 is 0 Å². The summed E-state index contributed by atoms with van der Waals surface area (Å²) in [4.78, 5) is 29.5. The average Bonchev–Trinajstić information content (AvgIpc) is 3.14. The number of thiazole rings is 1. The van der Waals surface area contributed by atoms with Gasteiger partial charge in [0.1, 0.15) is 5.75 Å². The maximum absolute atomic E-state index is 12.4. The van der Waals surface area contributed by atoms with Crippen molar-refractivity contribution in [2.24, 2.45) is 5.92 Å². The second-order valence-corrected chi connectivity index (χ2v) is 7.44. The van der Waals surface area contributed by atoms with Gasteiger partial charge in [0.2, 0.25) is 0 Å². The second kappa shape index (κ2) is 8.91. The monoisotopic (exact) mass is 414 g/mol. The van der Waals surface area contributed by atoms with E-state index in [0.717, 1.165) is 27.1 Å². The maximum Gasteiger partial charge on any atom is 0.322 e. The Morgan fingerprint density at radius 1 is 1.00 bits per heavy atom. The van der Waals surface area contributed by atoms with E-state index in [4.69, 9.17) is 14.2 Å².